The second kappa shape index (κ2) is 10.6. The van der Waals surface area contributed by atoms with E-state index in [0.29, 0.717) is 17.9 Å². The van der Waals surface area contributed by atoms with Gasteiger partial charge in [-0.2, -0.15) is 0 Å². The molecule has 1 atom stereocenters. The minimum Gasteiger partial charge on any atom is -0.479 e. The zero-order valence-electron chi connectivity index (χ0n) is 19.7. The zero-order valence-corrected chi connectivity index (χ0v) is 19.7. The van der Waals surface area contributed by atoms with Crippen molar-refractivity contribution in [1.29, 1.82) is 0 Å². The van der Waals surface area contributed by atoms with Crippen LogP contribution in [0.4, 0.5) is 0 Å². The molecule has 1 N–H and O–H groups in total. The van der Waals surface area contributed by atoms with E-state index in [9.17, 15) is 9.59 Å². The van der Waals surface area contributed by atoms with E-state index in [1.807, 2.05) is 61.5 Å². The van der Waals surface area contributed by atoms with Gasteiger partial charge < -0.3 is 14.4 Å². The van der Waals surface area contributed by atoms with Crippen molar-refractivity contribution in [2.45, 2.75) is 58.8 Å². The van der Waals surface area contributed by atoms with Gasteiger partial charge in [-0.05, 0) is 50.7 Å². The lowest BCUT2D eigenvalue weighted by atomic mass is 10.0. The van der Waals surface area contributed by atoms with E-state index in [4.69, 9.17) is 14.8 Å². The van der Waals surface area contributed by atoms with E-state index in [1.54, 1.807) is 0 Å². The van der Waals surface area contributed by atoms with Gasteiger partial charge in [-0.15, -0.1) is 0 Å². The molecule has 1 aliphatic rings. The summed E-state index contributed by atoms with van der Waals surface area (Å²) in [6, 6.07) is 15.5. The quantitative estimate of drug-likeness (QED) is 0.456. The number of ketones is 1. The number of carbonyl (C=O) groups excluding carboxylic acids is 1. The largest absolute Gasteiger partial charge is 0.479 e. The third-order valence-electron chi connectivity index (χ3n) is 6.18. The van der Waals surface area contributed by atoms with Gasteiger partial charge in [0.1, 0.15) is 0 Å². The molecular formula is C28H30N2O4. The number of imidazole rings is 1. The summed E-state index contributed by atoms with van der Waals surface area (Å²) in [5.41, 5.74) is 5.95. The van der Waals surface area contributed by atoms with Gasteiger partial charge in [-0.3, -0.25) is 4.79 Å². The average Bonchev–Trinajstić information content (AvgIpc) is 3.22. The topological polar surface area (TPSA) is 81.4 Å². The van der Waals surface area contributed by atoms with Crippen LogP contribution in [-0.2, 0) is 35.5 Å². The van der Waals surface area contributed by atoms with Gasteiger partial charge in [-0.1, -0.05) is 66.2 Å². The highest BCUT2D eigenvalue weighted by molar-refractivity contribution is 6.06. The Kier molecular flexibility index (Phi) is 7.38. The maximum Gasteiger partial charge on any atom is 0.332 e. The van der Waals surface area contributed by atoms with Crippen LogP contribution in [0.1, 0.15) is 64.0 Å². The fourth-order valence-corrected chi connectivity index (χ4v) is 4.12. The van der Waals surface area contributed by atoms with Crippen molar-refractivity contribution in [3.05, 3.63) is 94.1 Å². The smallest absolute Gasteiger partial charge is 0.332 e. The summed E-state index contributed by atoms with van der Waals surface area (Å²) in [4.78, 5) is 28.9. The van der Waals surface area contributed by atoms with Gasteiger partial charge in [0, 0.05) is 17.8 Å². The van der Waals surface area contributed by atoms with Crippen molar-refractivity contribution < 1.29 is 19.4 Å². The summed E-state index contributed by atoms with van der Waals surface area (Å²) < 4.78 is 7.40. The Bertz CT molecular complexity index is 1190. The van der Waals surface area contributed by atoms with Crippen LogP contribution in [0.2, 0.25) is 0 Å². The van der Waals surface area contributed by atoms with Gasteiger partial charge in [0.15, 0.2) is 11.9 Å². The normalized spacial score (nSPS) is 14.2. The molecule has 3 aromatic rings. The standard InChI is InChI=1S/C28H30N2O4/c1-19-9-15-23(16-10-19)26(31)27-29-24-7-3-4-8-25(24)30(27)17-5-6-21-11-13-22(14-12-21)18-34-20(2)28(32)33/h5-6,9-16,20H,3-4,7-8,17-18H2,1-2H3,(H,32,33)/t20-/m1/s1. The number of benzene rings is 2. The van der Waals surface area contributed by atoms with Crippen LogP contribution in [-0.4, -0.2) is 32.5 Å². The van der Waals surface area contributed by atoms with Gasteiger partial charge in [0.25, 0.3) is 0 Å². The molecule has 0 fully saturated rings. The number of allylic oxidation sites excluding steroid dienone is 1. The van der Waals surface area contributed by atoms with Crippen LogP contribution in [0.5, 0.6) is 0 Å². The Morgan fingerprint density at radius 2 is 1.79 bits per heavy atom. The fourth-order valence-electron chi connectivity index (χ4n) is 4.12. The maximum absolute atomic E-state index is 13.3. The Labute approximate surface area is 199 Å². The molecule has 6 heteroatoms. The van der Waals surface area contributed by atoms with Crippen molar-refractivity contribution in [3.8, 4) is 0 Å². The predicted molar refractivity (Wildman–Crippen MR) is 131 cm³/mol. The van der Waals surface area contributed by atoms with E-state index in [2.05, 4.69) is 10.6 Å². The second-order valence-corrected chi connectivity index (χ2v) is 8.78. The highest BCUT2D eigenvalue weighted by Crippen LogP contribution is 2.24. The minimum atomic E-state index is -0.971. The summed E-state index contributed by atoms with van der Waals surface area (Å²) in [6.45, 7) is 4.36. The molecule has 4 rings (SSSR count). The maximum atomic E-state index is 13.3. The van der Waals surface area contributed by atoms with Crippen LogP contribution >= 0.6 is 0 Å². The predicted octanol–water partition coefficient (Wildman–Crippen LogP) is 5.00. The minimum absolute atomic E-state index is 0.0391. The highest BCUT2D eigenvalue weighted by Gasteiger charge is 2.24. The molecule has 176 valence electrons. The third kappa shape index (κ3) is 5.51. The molecule has 34 heavy (non-hydrogen) atoms. The third-order valence-corrected chi connectivity index (χ3v) is 6.18. The van der Waals surface area contributed by atoms with Crippen LogP contribution in [0, 0.1) is 6.92 Å². The number of hydrogen-bond acceptors (Lipinski definition) is 4. The molecule has 2 aromatic carbocycles. The number of carboxylic acid groups (broad SMARTS) is 1. The van der Waals surface area contributed by atoms with Gasteiger partial charge in [0.2, 0.25) is 5.78 Å². The fraction of sp³-hybridized carbons (Fsp3) is 0.321. The number of aliphatic carboxylic acids is 1. The molecule has 6 nitrogen and oxygen atoms in total. The van der Waals surface area contributed by atoms with E-state index in [-0.39, 0.29) is 12.4 Å². The van der Waals surface area contributed by atoms with Crippen molar-refractivity contribution >= 4 is 17.8 Å². The SMILES string of the molecule is Cc1ccc(C(=O)c2nc3c(n2CC=Cc2ccc(CO[C@H](C)C(=O)O)cc2)CCCC3)cc1. The first-order valence-corrected chi connectivity index (χ1v) is 11.7. The molecule has 1 heterocycles. The molecule has 0 spiro atoms. The highest BCUT2D eigenvalue weighted by atomic mass is 16.5. The Balaban J connectivity index is 1.49. The number of ether oxygens (including phenoxy) is 1. The molecule has 0 amide bonds. The van der Waals surface area contributed by atoms with Crippen LogP contribution in [0.15, 0.2) is 54.6 Å². The average molecular weight is 459 g/mol. The molecule has 0 unspecified atom stereocenters. The van der Waals surface area contributed by atoms with E-state index in [0.717, 1.165) is 48.1 Å². The molecule has 0 radical (unpaired) electrons. The van der Waals surface area contributed by atoms with E-state index >= 15 is 0 Å². The van der Waals surface area contributed by atoms with Crippen LogP contribution < -0.4 is 0 Å². The molecule has 1 aliphatic carbocycles. The number of carbonyl (C=O) groups is 2. The lowest BCUT2D eigenvalue weighted by Crippen LogP contribution is -2.19. The lowest BCUT2D eigenvalue weighted by Gasteiger charge is -2.14. The first-order valence-electron chi connectivity index (χ1n) is 11.7. The molecule has 0 aliphatic heterocycles. The second-order valence-electron chi connectivity index (χ2n) is 8.78. The summed E-state index contributed by atoms with van der Waals surface area (Å²) in [5.74, 6) is -0.496. The summed E-state index contributed by atoms with van der Waals surface area (Å²) in [7, 11) is 0. The van der Waals surface area contributed by atoms with Gasteiger partial charge in [0.05, 0.1) is 12.3 Å². The summed E-state index contributed by atoms with van der Waals surface area (Å²) in [5, 5.41) is 8.92. The monoisotopic (exact) mass is 458 g/mol. The molecule has 0 saturated heterocycles. The number of aryl methyl sites for hydroxylation is 2. The molecule has 0 bridgehead atoms. The first kappa shape index (κ1) is 23.6. The number of nitrogens with zero attached hydrogens (tertiary/aromatic N) is 2. The van der Waals surface area contributed by atoms with Crippen molar-refractivity contribution in [3.63, 3.8) is 0 Å². The lowest BCUT2D eigenvalue weighted by molar-refractivity contribution is -0.149. The number of rotatable bonds is 9. The Morgan fingerprint density at radius 1 is 1.09 bits per heavy atom. The van der Waals surface area contributed by atoms with Crippen LogP contribution in [0.3, 0.4) is 0 Å². The van der Waals surface area contributed by atoms with Gasteiger partial charge in [-0.25, -0.2) is 9.78 Å². The van der Waals surface area contributed by atoms with Crippen molar-refractivity contribution in [1.82, 2.24) is 9.55 Å². The Hall–Kier alpha value is -3.51. The number of carboxylic acids is 1. The zero-order chi connectivity index (χ0) is 24.1. The van der Waals surface area contributed by atoms with Gasteiger partial charge >= 0.3 is 5.97 Å². The van der Waals surface area contributed by atoms with Crippen molar-refractivity contribution in [2.24, 2.45) is 0 Å². The number of aromatic nitrogens is 2. The first-order chi connectivity index (χ1) is 16.4. The summed E-state index contributed by atoms with van der Waals surface area (Å²) in [6.07, 6.45) is 7.34. The number of fused-ring (bicyclic) bond motifs is 1. The van der Waals surface area contributed by atoms with E-state index in [1.165, 1.54) is 12.6 Å². The Morgan fingerprint density at radius 3 is 2.50 bits per heavy atom. The van der Waals surface area contributed by atoms with Crippen LogP contribution in [0.25, 0.3) is 6.08 Å². The van der Waals surface area contributed by atoms with E-state index < -0.39 is 12.1 Å². The number of hydrogen-bond donors (Lipinski definition) is 1. The summed E-state index contributed by atoms with van der Waals surface area (Å²) >= 11 is 0. The molecule has 0 saturated carbocycles. The molecule has 1 aromatic heterocycles. The van der Waals surface area contributed by atoms with Crippen molar-refractivity contribution in [2.75, 3.05) is 0 Å². The molecular weight excluding hydrogens is 428 g/mol.